The summed E-state index contributed by atoms with van der Waals surface area (Å²) in [7, 11) is 1.60. The Morgan fingerprint density at radius 3 is 3.20 bits per heavy atom. The van der Waals surface area contributed by atoms with E-state index in [0.717, 1.165) is 18.8 Å². The van der Waals surface area contributed by atoms with E-state index in [2.05, 4.69) is 21.5 Å². The fourth-order valence-electron chi connectivity index (χ4n) is 2.04. The molecule has 1 unspecified atom stereocenters. The van der Waals surface area contributed by atoms with Crippen LogP contribution < -0.4 is 0 Å². The Morgan fingerprint density at radius 2 is 2.47 bits per heavy atom. The minimum atomic E-state index is -0.843. The molecule has 1 atom stereocenters. The summed E-state index contributed by atoms with van der Waals surface area (Å²) in [6.07, 6.45) is 1.22. The van der Waals surface area contributed by atoms with Gasteiger partial charge in [-0.25, -0.2) is 10.0 Å². The van der Waals surface area contributed by atoms with Crippen molar-refractivity contribution in [3.8, 4) is 0 Å². The van der Waals surface area contributed by atoms with Gasteiger partial charge in [-0.2, -0.15) is 0 Å². The van der Waals surface area contributed by atoms with Gasteiger partial charge in [0.1, 0.15) is 0 Å². The summed E-state index contributed by atoms with van der Waals surface area (Å²) < 4.78 is 12.8. The van der Waals surface area contributed by atoms with Gasteiger partial charge >= 0.3 is 0 Å². The van der Waals surface area contributed by atoms with Crippen molar-refractivity contribution < 1.29 is 3.07 Å². The van der Waals surface area contributed by atoms with Gasteiger partial charge in [-0.1, -0.05) is 15.9 Å². The van der Waals surface area contributed by atoms with Crippen LogP contribution in [0, 0.1) is 0 Å². The summed E-state index contributed by atoms with van der Waals surface area (Å²) >= 11 is 1.06. The van der Waals surface area contributed by atoms with Crippen LogP contribution in [0.5, 0.6) is 0 Å². The molecular formula is C8H16IN3OS2. The lowest BCUT2D eigenvalue weighted by molar-refractivity contribution is -0.0117. The molecule has 2 heterocycles. The molecule has 4 nitrogen and oxygen atoms in total. The molecule has 0 aromatic rings. The molecule has 88 valence electrons. The molecule has 2 saturated heterocycles. The molecule has 0 bridgehead atoms. The average Bonchev–Trinajstić information content (AvgIpc) is 2.81. The fourth-order valence-corrected chi connectivity index (χ4v) is 4.62. The lowest BCUT2D eigenvalue weighted by atomic mass is 10.2. The van der Waals surface area contributed by atoms with E-state index in [0.29, 0.717) is 6.04 Å². The van der Waals surface area contributed by atoms with E-state index in [-0.39, 0.29) is 0 Å². The predicted octanol–water partition coefficient (Wildman–Crippen LogP) is 2.14. The molecule has 2 rings (SSSR count). The van der Waals surface area contributed by atoms with Crippen LogP contribution in [0.25, 0.3) is 0 Å². The molecule has 0 aromatic carbocycles. The smallest absolute Gasteiger partial charge is 0.217 e. The standard InChI is InChI=1S/C8H16IN3OS2/c1-2-8-7-10(3-5-14-9-13)12-11(8)4-6-15-12/h8H,2-7H2,1H3. The number of nitrogens with zero attached hydrogens (tertiary/aromatic N) is 3. The number of hydrazine groups is 2. The van der Waals surface area contributed by atoms with Crippen LogP contribution in [-0.4, -0.2) is 51.7 Å². The van der Waals surface area contributed by atoms with Gasteiger partial charge < -0.3 is 0 Å². The van der Waals surface area contributed by atoms with E-state index in [1.165, 1.54) is 18.7 Å². The third-order valence-corrected chi connectivity index (χ3v) is 6.32. The van der Waals surface area contributed by atoms with Gasteiger partial charge in [-0.05, 0) is 18.4 Å². The van der Waals surface area contributed by atoms with E-state index < -0.39 is 19.8 Å². The molecule has 2 aliphatic heterocycles. The Labute approximate surface area is 108 Å². The van der Waals surface area contributed by atoms with Crippen LogP contribution >= 0.6 is 40.7 Å². The summed E-state index contributed by atoms with van der Waals surface area (Å²) in [6.45, 7) is 5.61. The molecule has 0 saturated carbocycles. The first-order valence-corrected chi connectivity index (χ1v) is 10.6. The van der Waals surface area contributed by atoms with Crippen molar-refractivity contribution in [1.82, 2.24) is 14.5 Å². The van der Waals surface area contributed by atoms with Crippen molar-refractivity contribution in [1.29, 1.82) is 0 Å². The number of fused-ring (bicyclic) bond motifs is 1. The van der Waals surface area contributed by atoms with E-state index in [1.54, 1.807) is 8.93 Å². The maximum Gasteiger partial charge on any atom is 0.217 e. The lowest BCUT2D eigenvalue weighted by Crippen LogP contribution is -2.37. The maximum absolute atomic E-state index is 10.5. The molecule has 0 aromatic heterocycles. The molecule has 0 spiro atoms. The summed E-state index contributed by atoms with van der Waals surface area (Å²) in [5.74, 6) is 2.20. The van der Waals surface area contributed by atoms with E-state index in [4.69, 9.17) is 0 Å². The van der Waals surface area contributed by atoms with Crippen molar-refractivity contribution in [2.75, 3.05) is 31.1 Å². The fraction of sp³-hybridized carbons (Fsp3) is 1.00. The van der Waals surface area contributed by atoms with Crippen molar-refractivity contribution in [3.05, 3.63) is 0 Å². The highest BCUT2D eigenvalue weighted by molar-refractivity contribution is 14.2. The molecule has 2 fully saturated rings. The highest BCUT2D eigenvalue weighted by Gasteiger charge is 2.40. The molecule has 0 N–H and O–H groups in total. The molecule has 7 heteroatoms. The Morgan fingerprint density at radius 1 is 1.60 bits per heavy atom. The van der Waals surface area contributed by atoms with Crippen LogP contribution in [-0.2, 0) is 3.07 Å². The van der Waals surface area contributed by atoms with Crippen LogP contribution in [0.4, 0.5) is 0 Å². The average molecular weight is 361 g/mol. The SMILES string of the molecule is CCC1CN(CCSI=O)N2SCCN12. The van der Waals surface area contributed by atoms with Crippen molar-refractivity contribution in [3.63, 3.8) is 0 Å². The molecule has 2 aliphatic rings. The van der Waals surface area contributed by atoms with E-state index >= 15 is 0 Å². The first-order chi connectivity index (χ1) is 7.36. The Hall–Kier alpha value is 1.11. The minimum absolute atomic E-state index is 0.687. The van der Waals surface area contributed by atoms with Gasteiger partial charge in [0.2, 0.25) is 19.8 Å². The lowest BCUT2D eigenvalue weighted by Gasteiger charge is -2.26. The first kappa shape index (κ1) is 12.6. The summed E-state index contributed by atoms with van der Waals surface area (Å²) in [5.41, 5.74) is 0. The quantitative estimate of drug-likeness (QED) is 0.423. The number of hydrogen-bond acceptors (Lipinski definition) is 6. The molecule has 0 radical (unpaired) electrons. The zero-order valence-corrected chi connectivity index (χ0v) is 12.6. The van der Waals surface area contributed by atoms with Gasteiger partial charge in [-0.15, -0.1) is 4.52 Å². The summed E-state index contributed by atoms with van der Waals surface area (Å²) in [4.78, 5) is 0. The third-order valence-electron chi connectivity index (χ3n) is 2.77. The second kappa shape index (κ2) is 6.15. The van der Waals surface area contributed by atoms with Gasteiger partial charge in [0.05, 0.1) is 0 Å². The van der Waals surface area contributed by atoms with E-state index in [1.807, 2.05) is 11.9 Å². The van der Waals surface area contributed by atoms with Gasteiger partial charge in [0.25, 0.3) is 0 Å². The summed E-state index contributed by atoms with van der Waals surface area (Å²) in [5, 5.41) is 4.87. The van der Waals surface area contributed by atoms with Crippen molar-refractivity contribution in [2.45, 2.75) is 19.4 Å². The van der Waals surface area contributed by atoms with Crippen LogP contribution in [0.3, 0.4) is 0 Å². The monoisotopic (exact) mass is 361 g/mol. The van der Waals surface area contributed by atoms with E-state index in [9.17, 15) is 3.07 Å². The zero-order chi connectivity index (χ0) is 10.7. The van der Waals surface area contributed by atoms with Crippen LogP contribution in [0.1, 0.15) is 13.3 Å². The molecule has 15 heavy (non-hydrogen) atoms. The highest BCUT2D eigenvalue weighted by Crippen LogP contribution is 2.33. The van der Waals surface area contributed by atoms with Crippen LogP contribution in [0.15, 0.2) is 0 Å². The van der Waals surface area contributed by atoms with Gasteiger partial charge in [-0.3, -0.25) is 3.07 Å². The molecule has 0 aliphatic carbocycles. The second-order valence-corrected chi connectivity index (χ2v) is 8.29. The number of halogens is 1. The minimum Gasteiger partial charge on any atom is -0.258 e. The Kier molecular flexibility index (Phi) is 5.15. The second-order valence-electron chi connectivity index (χ2n) is 3.60. The topological polar surface area (TPSA) is 26.8 Å². The van der Waals surface area contributed by atoms with Crippen molar-refractivity contribution in [2.24, 2.45) is 0 Å². The maximum atomic E-state index is 10.5. The first-order valence-electron chi connectivity index (χ1n) is 5.20. The normalized spacial score (nSPS) is 28.7. The number of rotatable bonds is 5. The van der Waals surface area contributed by atoms with Crippen molar-refractivity contribution >= 4 is 40.7 Å². The van der Waals surface area contributed by atoms with Gasteiger partial charge in [0, 0.05) is 37.2 Å². The van der Waals surface area contributed by atoms with Gasteiger partial charge in [0.15, 0.2) is 0 Å². The predicted molar refractivity (Wildman–Crippen MR) is 73.8 cm³/mol. The highest BCUT2D eigenvalue weighted by atomic mass is 127. The summed E-state index contributed by atoms with van der Waals surface area (Å²) in [6, 6.07) is 0.687. The molecular weight excluding hydrogens is 345 g/mol. The number of hydrogen-bond donors (Lipinski definition) is 0. The Bertz CT molecular complexity index is 234. The molecule has 0 amide bonds. The largest absolute Gasteiger partial charge is 0.258 e. The Balaban J connectivity index is 1.87. The third kappa shape index (κ3) is 2.86. The van der Waals surface area contributed by atoms with Crippen LogP contribution in [0.2, 0.25) is 0 Å². The zero-order valence-electron chi connectivity index (χ0n) is 8.76.